The lowest BCUT2D eigenvalue weighted by molar-refractivity contribution is -0.570. The summed E-state index contributed by atoms with van der Waals surface area (Å²) in [5, 5.41) is 4.97. The average molecular weight is 929 g/mol. The number of imidazole rings is 1. The Labute approximate surface area is 424 Å². The van der Waals surface area contributed by atoms with E-state index in [1.165, 1.54) is 0 Å². The smallest absolute Gasteiger partial charge is 0.345 e. The number of nitrogens with zero attached hydrogens (tertiary/aromatic N) is 4. The molecule has 336 valence electrons. The summed E-state index contributed by atoms with van der Waals surface area (Å²) in [7, 11) is -3.72. The molecule has 0 radical (unpaired) electrons. The maximum Gasteiger partial charge on any atom is 0.345 e. The van der Waals surface area contributed by atoms with Gasteiger partial charge in [0, 0.05) is 28.6 Å². The first-order chi connectivity index (χ1) is 38.5. The molecule has 0 N–H and O–H groups in total. The van der Waals surface area contributed by atoms with Gasteiger partial charge in [0.15, 0.2) is 0 Å². The fourth-order valence-electron chi connectivity index (χ4n) is 9.87. The molecule has 0 atom stereocenters. The summed E-state index contributed by atoms with van der Waals surface area (Å²) in [6.07, 6.45) is 5.66. The van der Waals surface area contributed by atoms with E-state index in [0.29, 0.717) is 22.5 Å². The first-order valence-corrected chi connectivity index (χ1v) is 25.1. The van der Waals surface area contributed by atoms with E-state index in [9.17, 15) is 5.48 Å². The second-order valence-corrected chi connectivity index (χ2v) is 21.8. The molecule has 0 unspecified atom stereocenters. The van der Waals surface area contributed by atoms with Gasteiger partial charge in [-0.3, -0.25) is 4.57 Å². The molecule has 0 aliphatic carbocycles. The molecule has 0 spiro atoms. The predicted octanol–water partition coefficient (Wildman–Crippen LogP) is 13.1. The van der Waals surface area contributed by atoms with Gasteiger partial charge in [0.25, 0.3) is 0 Å². The van der Waals surface area contributed by atoms with Crippen LogP contribution >= 0.6 is 0 Å². The highest BCUT2D eigenvalue weighted by atomic mass is 28.3. The van der Waals surface area contributed by atoms with Gasteiger partial charge in [0.2, 0.25) is 6.33 Å². The second kappa shape index (κ2) is 17.5. The largest absolute Gasteiger partial charge is 0.457 e. The van der Waals surface area contributed by atoms with Gasteiger partial charge in [0.05, 0.1) is 35.9 Å². The van der Waals surface area contributed by atoms with Crippen molar-refractivity contribution in [2.45, 2.75) is 26.2 Å². The van der Waals surface area contributed by atoms with Crippen LogP contribution in [0.1, 0.15) is 40.0 Å². The third-order valence-corrected chi connectivity index (χ3v) is 17.5. The van der Waals surface area contributed by atoms with Crippen molar-refractivity contribution in [2.24, 2.45) is 0 Å². The minimum Gasteiger partial charge on any atom is -0.457 e. The lowest BCUT2D eigenvalue weighted by atomic mass is 9.88. The van der Waals surface area contributed by atoms with Gasteiger partial charge in [-0.2, -0.15) is 0 Å². The molecule has 0 amide bonds. The third-order valence-electron chi connectivity index (χ3n) is 13.1. The van der Waals surface area contributed by atoms with E-state index in [1.807, 2.05) is 97.2 Å². The van der Waals surface area contributed by atoms with Crippen molar-refractivity contribution in [3.8, 4) is 45.3 Å². The Morgan fingerprint density at radius 3 is 1.77 bits per heavy atom. The SMILES string of the molecule is [2H]c1c([2H])c([2H])c(-c2cccc(-c3c([2H])c([2H])c([2H])c([2H])c3[2H])c2-[n+]2[c-]n([Si](c3ccccc3)(c3ccccc3)c3cccc(Oc4ccc5c6ccccc6n(-c6cc(C(C)(C)C)ccn6)c5c4)c3)c3ccccc32)c([2H])c1[2H]. The first-order valence-electron chi connectivity index (χ1n) is 28.1. The molecule has 5 nitrogen and oxygen atoms in total. The van der Waals surface area contributed by atoms with Crippen LogP contribution in [-0.2, 0) is 5.41 Å². The number of hydrogen-bond acceptors (Lipinski definition) is 2. The van der Waals surface area contributed by atoms with E-state index >= 15 is 0 Å². The Morgan fingerprint density at radius 1 is 0.529 bits per heavy atom. The molecule has 12 rings (SSSR count). The van der Waals surface area contributed by atoms with E-state index in [1.54, 1.807) is 22.8 Å². The Balaban J connectivity index is 1.12. The minimum absolute atomic E-state index is 0.103. The number of para-hydroxylation sites is 4. The molecule has 3 heterocycles. The lowest BCUT2D eigenvalue weighted by Crippen LogP contribution is -2.72. The molecule has 0 saturated carbocycles. The summed E-state index contributed by atoms with van der Waals surface area (Å²) in [5.41, 5.74) is 4.52. The maximum atomic E-state index is 9.27. The molecule has 9 aromatic carbocycles. The van der Waals surface area contributed by atoms with Crippen molar-refractivity contribution in [2.75, 3.05) is 0 Å². The third kappa shape index (κ3) is 7.32. The highest BCUT2D eigenvalue weighted by Crippen LogP contribution is 2.37. The van der Waals surface area contributed by atoms with Gasteiger partial charge in [0.1, 0.15) is 17.3 Å². The maximum absolute atomic E-state index is 9.27. The van der Waals surface area contributed by atoms with Crippen molar-refractivity contribution in [3.05, 3.63) is 261 Å². The Bertz CT molecular complexity index is 4280. The molecular formula is C64H50N4OSi. The zero-order valence-corrected chi connectivity index (χ0v) is 39.6. The topological polar surface area (TPSA) is 35.9 Å². The van der Waals surface area contributed by atoms with E-state index < -0.39 is 68.7 Å². The fraction of sp³-hybridized carbons (Fsp3) is 0.0625. The molecule has 70 heavy (non-hydrogen) atoms. The number of rotatable bonds is 10. The summed E-state index contributed by atoms with van der Waals surface area (Å²) in [6, 6.07) is 54.4. The van der Waals surface area contributed by atoms with Gasteiger partial charge in [-0.05, 0) is 91.3 Å². The predicted molar refractivity (Wildman–Crippen MR) is 290 cm³/mol. The van der Waals surface area contributed by atoms with Crippen LogP contribution in [0.25, 0.3) is 66.6 Å². The number of benzene rings is 9. The van der Waals surface area contributed by atoms with Crippen LogP contribution in [0, 0.1) is 6.33 Å². The zero-order chi connectivity index (χ0) is 55.9. The van der Waals surface area contributed by atoms with Gasteiger partial charge in [-0.1, -0.05) is 215 Å². The van der Waals surface area contributed by atoms with Gasteiger partial charge in [-0.25, -0.2) is 4.98 Å². The van der Waals surface area contributed by atoms with Crippen molar-refractivity contribution in [3.63, 3.8) is 0 Å². The molecule has 6 heteroatoms. The van der Waals surface area contributed by atoms with Crippen molar-refractivity contribution in [1.82, 2.24) is 13.8 Å². The molecule has 3 aromatic heterocycles. The minimum atomic E-state index is -3.72. The molecule has 0 aliphatic rings. The zero-order valence-electron chi connectivity index (χ0n) is 48.6. The highest BCUT2D eigenvalue weighted by Gasteiger charge is 2.48. The summed E-state index contributed by atoms with van der Waals surface area (Å²) in [4.78, 5) is 4.90. The standard InChI is InChI=1S/C64H50N4OSi/c1-64(2,3)48-40-41-65-62(42-48)68-58-35-17-16-32-56(58)57-39-38-50(44-61(57)68)69-49-26-20-31-53(43-49)70(51-27-12-6-13-28-51,52-29-14-7-15-30-52)67-45-66(59-36-18-19-37-60(59)67)63-54(46-22-8-4-9-23-46)33-21-34-55(63)47-24-10-5-11-25-47/h4-44H,1-3H3/i4D,5D,8D,9D,10D,11D,22D,23D,24D,25D. The van der Waals surface area contributed by atoms with E-state index in [2.05, 4.69) is 109 Å². The summed E-state index contributed by atoms with van der Waals surface area (Å²) in [6.45, 7) is 6.58. The fourth-order valence-corrected chi connectivity index (χ4v) is 14.5. The van der Waals surface area contributed by atoms with E-state index in [4.69, 9.17) is 17.9 Å². The second-order valence-electron chi connectivity index (χ2n) is 18.2. The number of aromatic nitrogens is 4. The summed E-state index contributed by atoms with van der Waals surface area (Å²) >= 11 is 0. The molecule has 0 saturated heterocycles. The van der Waals surface area contributed by atoms with Gasteiger partial charge >= 0.3 is 8.24 Å². The first kappa shape index (κ1) is 33.0. The number of hydrogen-bond donors (Lipinski definition) is 0. The Hall–Kier alpha value is -8.58. The average Bonchev–Trinajstić information content (AvgIpc) is 4.07. The normalized spacial score (nSPS) is 13.9. The quantitative estimate of drug-likeness (QED) is 0.0593. The van der Waals surface area contributed by atoms with Crippen molar-refractivity contribution >= 4 is 56.6 Å². The highest BCUT2D eigenvalue weighted by molar-refractivity contribution is 7.10. The molecule has 0 fully saturated rings. The molecular weight excluding hydrogens is 869 g/mol. The van der Waals surface area contributed by atoms with Crippen LogP contribution in [-0.4, -0.2) is 22.0 Å². The summed E-state index contributed by atoms with van der Waals surface area (Å²) in [5.74, 6) is 1.98. The lowest BCUT2D eigenvalue weighted by Gasteiger charge is -2.32. The van der Waals surface area contributed by atoms with Crippen LogP contribution in [0.2, 0.25) is 0 Å². The summed E-state index contributed by atoms with van der Waals surface area (Å²) < 4.78 is 102. The van der Waals surface area contributed by atoms with Crippen LogP contribution in [0.5, 0.6) is 11.5 Å². The molecule has 0 aliphatic heterocycles. The van der Waals surface area contributed by atoms with Gasteiger partial charge < -0.3 is 13.5 Å². The van der Waals surface area contributed by atoms with E-state index in [-0.39, 0.29) is 33.4 Å². The Morgan fingerprint density at radius 2 is 1.10 bits per heavy atom. The van der Waals surface area contributed by atoms with Gasteiger partial charge in [-0.15, -0.1) is 0 Å². The number of ether oxygens (including phenoxy) is 1. The van der Waals surface area contributed by atoms with Crippen LogP contribution in [0.3, 0.4) is 0 Å². The van der Waals surface area contributed by atoms with E-state index in [0.717, 1.165) is 48.7 Å². The Kier molecular flexibility index (Phi) is 8.25. The van der Waals surface area contributed by atoms with Crippen LogP contribution in [0.15, 0.2) is 249 Å². The van der Waals surface area contributed by atoms with Crippen molar-refractivity contribution in [1.29, 1.82) is 0 Å². The van der Waals surface area contributed by atoms with Crippen molar-refractivity contribution < 1.29 is 23.0 Å². The monoisotopic (exact) mass is 928 g/mol. The molecule has 12 aromatic rings. The molecule has 0 bridgehead atoms. The number of fused-ring (bicyclic) bond motifs is 4. The number of pyridine rings is 1. The van der Waals surface area contributed by atoms with Crippen LogP contribution < -0.4 is 24.9 Å². The van der Waals surface area contributed by atoms with Crippen LogP contribution in [0.4, 0.5) is 0 Å².